The van der Waals surface area contributed by atoms with Crippen LogP contribution in [0.15, 0.2) is 54.6 Å². The van der Waals surface area contributed by atoms with Crippen LogP contribution >= 0.6 is 0 Å². The van der Waals surface area contributed by atoms with Crippen molar-refractivity contribution in [2.45, 2.75) is 25.3 Å². The second kappa shape index (κ2) is 5.36. The van der Waals surface area contributed by atoms with Crippen molar-refractivity contribution in [1.82, 2.24) is 4.57 Å². The lowest BCUT2D eigenvalue weighted by molar-refractivity contribution is 0.553. The Morgan fingerprint density at radius 3 is 2.64 bits per heavy atom. The molecule has 22 heavy (non-hydrogen) atoms. The zero-order chi connectivity index (χ0) is 14.9. The molecule has 0 fully saturated rings. The molecule has 1 aliphatic rings. The van der Waals surface area contributed by atoms with Crippen molar-refractivity contribution in [3.05, 3.63) is 71.4 Å². The van der Waals surface area contributed by atoms with Crippen LogP contribution in [-0.2, 0) is 6.42 Å². The fraction of sp³-hybridized carbons (Fsp3) is 0.200. The van der Waals surface area contributed by atoms with Crippen LogP contribution in [0.5, 0.6) is 0 Å². The molecule has 1 unspecified atom stereocenters. The van der Waals surface area contributed by atoms with Gasteiger partial charge in [-0.2, -0.15) is 0 Å². The Bertz CT molecular complexity index is 878. The van der Waals surface area contributed by atoms with Crippen molar-refractivity contribution in [1.29, 1.82) is 0 Å². The third-order valence-electron chi connectivity index (χ3n) is 4.40. The molecule has 2 nitrogen and oxygen atoms in total. The molecule has 0 radical (unpaired) electrons. The molecule has 0 amide bonds. The number of para-hydroxylation sites is 1. The molecule has 1 aromatic heterocycles. The third kappa shape index (κ3) is 2.11. The van der Waals surface area contributed by atoms with E-state index in [1.54, 1.807) is 0 Å². The Hall–Kier alpha value is -2.50. The predicted octanol–water partition coefficient (Wildman–Crippen LogP) is 3.83. The van der Waals surface area contributed by atoms with Gasteiger partial charge in [-0.05, 0) is 48.9 Å². The Morgan fingerprint density at radius 1 is 1.00 bits per heavy atom. The van der Waals surface area contributed by atoms with Gasteiger partial charge in [-0.3, -0.25) is 4.57 Å². The maximum Gasteiger partial charge on any atom is 0.0618 e. The molecule has 0 saturated heterocycles. The number of aromatic nitrogens is 1. The summed E-state index contributed by atoms with van der Waals surface area (Å²) in [6.07, 6.45) is 3.30. The zero-order valence-electron chi connectivity index (χ0n) is 12.4. The fourth-order valence-corrected chi connectivity index (χ4v) is 3.38. The van der Waals surface area contributed by atoms with E-state index in [1.807, 2.05) is 30.3 Å². The normalized spacial score (nSPS) is 16.9. The minimum atomic E-state index is 0.0845. The average molecular weight is 286 g/mol. The first kappa shape index (κ1) is 13.2. The van der Waals surface area contributed by atoms with Gasteiger partial charge in [-0.15, -0.1) is 0 Å². The van der Waals surface area contributed by atoms with Gasteiger partial charge >= 0.3 is 0 Å². The van der Waals surface area contributed by atoms with E-state index >= 15 is 0 Å². The van der Waals surface area contributed by atoms with Gasteiger partial charge in [0.25, 0.3) is 0 Å². The molecule has 4 rings (SSSR count). The van der Waals surface area contributed by atoms with Crippen molar-refractivity contribution in [3.8, 4) is 12.0 Å². The summed E-state index contributed by atoms with van der Waals surface area (Å²) in [5.74, 6) is 3.27. The number of rotatable bonds is 0. The second-order valence-electron chi connectivity index (χ2n) is 5.82. The molecule has 2 aromatic carbocycles. The molecular formula is C20H18N2. The summed E-state index contributed by atoms with van der Waals surface area (Å²) in [4.78, 5) is 0. The Balaban J connectivity index is 1.94. The summed E-state index contributed by atoms with van der Waals surface area (Å²) in [6, 6.07) is 22.0. The van der Waals surface area contributed by atoms with Crippen molar-refractivity contribution in [3.63, 3.8) is 0 Å². The fourth-order valence-electron chi connectivity index (χ4n) is 3.38. The van der Waals surface area contributed by atoms with Gasteiger partial charge in [0, 0.05) is 23.0 Å². The first-order valence-corrected chi connectivity index (χ1v) is 7.79. The standard InChI is InChI=1S/C20H18N2/c21-18-11-6-10-17-16-9-4-5-12-19(16)22(20(17)18)14-13-15-7-2-1-3-8-15/h1-5,7-9,12,18H,6,10-11,21H2. The van der Waals surface area contributed by atoms with Gasteiger partial charge in [0.05, 0.1) is 11.2 Å². The monoisotopic (exact) mass is 286 g/mol. The lowest BCUT2D eigenvalue weighted by Gasteiger charge is -2.20. The van der Waals surface area contributed by atoms with Crippen LogP contribution in [-0.4, -0.2) is 4.57 Å². The average Bonchev–Trinajstić information content (AvgIpc) is 2.89. The van der Waals surface area contributed by atoms with Crippen LogP contribution in [0, 0.1) is 12.0 Å². The number of aryl methyl sites for hydroxylation is 1. The van der Waals surface area contributed by atoms with Gasteiger partial charge in [-0.1, -0.05) is 36.4 Å². The van der Waals surface area contributed by atoms with Crippen molar-refractivity contribution in [2.24, 2.45) is 5.73 Å². The minimum absolute atomic E-state index is 0.0845. The molecule has 0 spiro atoms. The van der Waals surface area contributed by atoms with Crippen molar-refractivity contribution >= 4 is 10.9 Å². The molecule has 1 heterocycles. The number of benzene rings is 2. The molecule has 108 valence electrons. The lowest BCUT2D eigenvalue weighted by Crippen LogP contribution is -2.19. The summed E-state index contributed by atoms with van der Waals surface area (Å²) < 4.78 is 2.11. The molecule has 2 N–H and O–H groups in total. The van der Waals surface area contributed by atoms with Gasteiger partial charge in [0.15, 0.2) is 0 Å². The topological polar surface area (TPSA) is 30.9 Å². The number of nitrogens with zero attached hydrogens (tertiary/aromatic N) is 1. The number of fused-ring (bicyclic) bond motifs is 3. The highest BCUT2D eigenvalue weighted by Crippen LogP contribution is 2.35. The molecule has 0 bridgehead atoms. The van der Waals surface area contributed by atoms with Crippen LogP contribution in [0.1, 0.15) is 35.7 Å². The quantitative estimate of drug-likeness (QED) is 0.626. The summed E-state index contributed by atoms with van der Waals surface area (Å²) >= 11 is 0. The van der Waals surface area contributed by atoms with Crippen LogP contribution < -0.4 is 5.73 Å². The van der Waals surface area contributed by atoms with Gasteiger partial charge in [0.1, 0.15) is 0 Å². The molecule has 3 aromatic rings. The van der Waals surface area contributed by atoms with Gasteiger partial charge in [-0.25, -0.2) is 0 Å². The van der Waals surface area contributed by atoms with E-state index in [0.717, 1.165) is 24.8 Å². The van der Waals surface area contributed by atoms with Crippen molar-refractivity contribution < 1.29 is 0 Å². The van der Waals surface area contributed by atoms with E-state index in [0.29, 0.717) is 0 Å². The van der Waals surface area contributed by atoms with Gasteiger partial charge < -0.3 is 5.73 Å². The highest BCUT2D eigenvalue weighted by Gasteiger charge is 2.24. The van der Waals surface area contributed by atoms with Crippen LogP contribution in [0.2, 0.25) is 0 Å². The molecule has 1 aliphatic carbocycles. The lowest BCUT2D eigenvalue weighted by atomic mass is 9.92. The SMILES string of the molecule is NC1CCCc2c1n(C#Cc1ccccc1)c1ccccc21. The first-order chi connectivity index (χ1) is 10.8. The smallest absolute Gasteiger partial charge is 0.0618 e. The molecule has 0 aliphatic heterocycles. The van der Waals surface area contributed by atoms with E-state index in [2.05, 4.69) is 40.8 Å². The zero-order valence-corrected chi connectivity index (χ0v) is 12.4. The predicted molar refractivity (Wildman–Crippen MR) is 90.5 cm³/mol. The van der Waals surface area contributed by atoms with Crippen LogP contribution in [0.4, 0.5) is 0 Å². The van der Waals surface area contributed by atoms with Crippen molar-refractivity contribution in [2.75, 3.05) is 0 Å². The van der Waals surface area contributed by atoms with E-state index in [9.17, 15) is 0 Å². The Morgan fingerprint density at radius 2 is 1.77 bits per heavy atom. The maximum atomic E-state index is 6.39. The van der Waals surface area contributed by atoms with Crippen LogP contribution in [0.3, 0.4) is 0 Å². The van der Waals surface area contributed by atoms with Gasteiger partial charge in [0.2, 0.25) is 0 Å². The summed E-state index contributed by atoms with van der Waals surface area (Å²) in [5.41, 5.74) is 11.2. The highest BCUT2D eigenvalue weighted by atomic mass is 15.0. The minimum Gasteiger partial charge on any atom is -0.323 e. The summed E-state index contributed by atoms with van der Waals surface area (Å²) in [7, 11) is 0. The summed E-state index contributed by atoms with van der Waals surface area (Å²) in [5, 5.41) is 1.30. The largest absolute Gasteiger partial charge is 0.323 e. The van der Waals surface area contributed by atoms with E-state index in [-0.39, 0.29) is 6.04 Å². The molecule has 2 heteroatoms. The first-order valence-electron chi connectivity index (χ1n) is 7.79. The maximum absolute atomic E-state index is 6.39. The third-order valence-corrected chi connectivity index (χ3v) is 4.40. The number of nitrogens with two attached hydrogens (primary N) is 1. The van der Waals surface area contributed by atoms with E-state index < -0.39 is 0 Å². The second-order valence-corrected chi connectivity index (χ2v) is 5.82. The Kier molecular flexibility index (Phi) is 3.21. The number of hydrogen-bond donors (Lipinski definition) is 1. The van der Waals surface area contributed by atoms with E-state index in [1.165, 1.54) is 22.2 Å². The molecule has 1 atom stereocenters. The molecule has 0 saturated carbocycles. The van der Waals surface area contributed by atoms with E-state index in [4.69, 9.17) is 5.73 Å². The summed E-state index contributed by atoms with van der Waals surface area (Å²) in [6.45, 7) is 0. The number of hydrogen-bond acceptors (Lipinski definition) is 1. The van der Waals surface area contributed by atoms with Crippen LogP contribution in [0.25, 0.3) is 10.9 Å². The highest BCUT2D eigenvalue weighted by molar-refractivity contribution is 5.87. The molecular weight excluding hydrogens is 268 g/mol. The Labute approximate surface area is 130 Å².